The van der Waals surface area contributed by atoms with Gasteiger partial charge in [0.25, 0.3) is 0 Å². The number of fused-ring (bicyclic) bond motifs is 1. The van der Waals surface area contributed by atoms with Gasteiger partial charge in [-0.3, -0.25) is 0 Å². The summed E-state index contributed by atoms with van der Waals surface area (Å²) < 4.78 is 10.6. The molecular formula is C16H17N3O2. The number of aromatic nitrogens is 2. The Bertz CT molecular complexity index is 793. The molecule has 0 unspecified atom stereocenters. The maximum absolute atomic E-state index is 6.11. The maximum Gasteiger partial charge on any atom is 0.139 e. The molecule has 0 aliphatic heterocycles. The van der Waals surface area contributed by atoms with Gasteiger partial charge in [-0.05, 0) is 18.2 Å². The summed E-state index contributed by atoms with van der Waals surface area (Å²) in [6.45, 7) is 4.11. The van der Waals surface area contributed by atoms with Crippen LogP contribution >= 0.6 is 0 Å². The highest BCUT2D eigenvalue weighted by atomic mass is 16.5. The van der Waals surface area contributed by atoms with E-state index in [0.29, 0.717) is 17.1 Å². The molecule has 0 saturated heterocycles. The predicted octanol–water partition coefficient (Wildman–Crippen LogP) is 3.60. The molecule has 5 nitrogen and oxygen atoms in total. The van der Waals surface area contributed by atoms with Crippen LogP contribution in [0.1, 0.15) is 25.5 Å². The van der Waals surface area contributed by atoms with Crippen molar-refractivity contribution in [3.8, 4) is 17.1 Å². The van der Waals surface area contributed by atoms with Crippen molar-refractivity contribution in [2.75, 3.05) is 12.8 Å². The van der Waals surface area contributed by atoms with E-state index >= 15 is 0 Å². The number of benzene rings is 1. The molecule has 21 heavy (non-hydrogen) atoms. The highest BCUT2D eigenvalue weighted by Gasteiger charge is 2.13. The zero-order chi connectivity index (χ0) is 15.0. The Morgan fingerprint density at radius 3 is 2.62 bits per heavy atom. The standard InChI is InChI=1S/C16H17N3O2/c1-9(2)16-8-15(19-21-16)14-7-12(17)11-5-4-10(20-3)6-13(11)18-14/h4-9H,1-3H3,(H2,17,18). The van der Waals surface area contributed by atoms with Gasteiger partial charge in [-0.1, -0.05) is 19.0 Å². The number of ether oxygens (including phenoxy) is 1. The van der Waals surface area contributed by atoms with Gasteiger partial charge in [-0.2, -0.15) is 0 Å². The second-order valence-corrected chi connectivity index (χ2v) is 5.25. The first-order valence-corrected chi connectivity index (χ1v) is 6.79. The summed E-state index contributed by atoms with van der Waals surface area (Å²) in [7, 11) is 1.63. The average molecular weight is 283 g/mol. The summed E-state index contributed by atoms with van der Waals surface area (Å²) in [4.78, 5) is 4.61. The van der Waals surface area contributed by atoms with Crippen LogP contribution in [0.2, 0.25) is 0 Å². The molecular weight excluding hydrogens is 266 g/mol. The zero-order valence-corrected chi connectivity index (χ0v) is 12.3. The third-order valence-electron chi connectivity index (χ3n) is 3.41. The number of hydrogen-bond acceptors (Lipinski definition) is 5. The minimum atomic E-state index is 0.282. The van der Waals surface area contributed by atoms with Crippen LogP contribution in [0, 0.1) is 0 Å². The lowest BCUT2D eigenvalue weighted by atomic mass is 10.1. The van der Waals surface area contributed by atoms with E-state index in [1.807, 2.05) is 30.3 Å². The molecule has 0 amide bonds. The van der Waals surface area contributed by atoms with E-state index in [2.05, 4.69) is 24.0 Å². The lowest BCUT2D eigenvalue weighted by Gasteiger charge is -2.06. The predicted molar refractivity (Wildman–Crippen MR) is 82.3 cm³/mol. The fourth-order valence-electron chi connectivity index (χ4n) is 2.18. The van der Waals surface area contributed by atoms with Gasteiger partial charge in [0, 0.05) is 29.1 Å². The SMILES string of the molecule is COc1ccc2c(N)cc(-c3cc(C(C)C)on3)nc2c1. The number of anilines is 1. The van der Waals surface area contributed by atoms with Gasteiger partial charge < -0.3 is 15.0 Å². The molecule has 0 aliphatic carbocycles. The molecule has 0 fully saturated rings. The smallest absolute Gasteiger partial charge is 0.139 e. The fourth-order valence-corrected chi connectivity index (χ4v) is 2.18. The first-order chi connectivity index (χ1) is 10.1. The topological polar surface area (TPSA) is 74.2 Å². The van der Waals surface area contributed by atoms with Crippen LogP contribution in [-0.2, 0) is 0 Å². The zero-order valence-electron chi connectivity index (χ0n) is 12.3. The first-order valence-electron chi connectivity index (χ1n) is 6.79. The summed E-state index contributed by atoms with van der Waals surface area (Å²) in [6, 6.07) is 9.35. The fraction of sp³-hybridized carbons (Fsp3) is 0.250. The number of methoxy groups -OCH3 is 1. The van der Waals surface area contributed by atoms with E-state index in [1.54, 1.807) is 7.11 Å². The van der Waals surface area contributed by atoms with E-state index in [0.717, 1.165) is 22.4 Å². The Kier molecular flexibility index (Phi) is 3.25. The van der Waals surface area contributed by atoms with Crippen molar-refractivity contribution in [1.29, 1.82) is 0 Å². The molecule has 0 radical (unpaired) electrons. The van der Waals surface area contributed by atoms with E-state index < -0.39 is 0 Å². The molecule has 2 aromatic heterocycles. The first kappa shape index (κ1) is 13.4. The lowest BCUT2D eigenvalue weighted by molar-refractivity contribution is 0.373. The molecule has 0 atom stereocenters. The van der Waals surface area contributed by atoms with Crippen molar-refractivity contribution >= 4 is 16.6 Å². The largest absolute Gasteiger partial charge is 0.497 e. The van der Waals surface area contributed by atoms with Gasteiger partial charge in [0.1, 0.15) is 17.2 Å². The van der Waals surface area contributed by atoms with E-state index in [-0.39, 0.29) is 5.92 Å². The summed E-state index contributed by atoms with van der Waals surface area (Å²) in [5.41, 5.74) is 8.94. The molecule has 108 valence electrons. The van der Waals surface area contributed by atoms with Gasteiger partial charge in [0.15, 0.2) is 0 Å². The Morgan fingerprint density at radius 1 is 1.14 bits per heavy atom. The number of rotatable bonds is 3. The summed E-state index contributed by atoms with van der Waals surface area (Å²) in [6.07, 6.45) is 0. The minimum Gasteiger partial charge on any atom is -0.497 e. The molecule has 1 aromatic carbocycles. The number of hydrogen-bond donors (Lipinski definition) is 1. The van der Waals surface area contributed by atoms with Crippen molar-refractivity contribution in [1.82, 2.24) is 10.1 Å². The minimum absolute atomic E-state index is 0.282. The van der Waals surface area contributed by atoms with Crippen LogP contribution in [0.4, 0.5) is 5.69 Å². The van der Waals surface area contributed by atoms with E-state index in [9.17, 15) is 0 Å². The maximum atomic E-state index is 6.11. The van der Waals surface area contributed by atoms with Crippen molar-refractivity contribution in [2.45, 2.75) is 19.8 Å². The molecule has 0 aliphatic rings. The van der Waals surface area contributed by atoms with Crippen LogP contribution < -0.4 is 10.5 Å². The monoisotopic (exact) mass is 283 g/mol. The molecule has 2 N–H and O–H groups in total. The normalized spacial score (nSPS) is 11.2. The summed E-state index contributed by atoms with van der Waals surface area (Å²) >= 11 is 0. The van der Waals surface area contributed by atoms with Crippen LogP contribution in [0.3, 0.4) is 0 Å². The Labute approximate surface area is 122 Å². The van der Waals surface area contributed by atoms with E-state index in [4.69, 9.17) is 15.0 Å². The van der Waals surface area contributed by atoms with Crippen LogP contribution in [0.25, 0.3) is 22.3 Å². The Balaban J connectivity index is 2.13. The molecule has 5 heteroatoms. The number of nitrogens with two attached hydrogens (primary N) is 1. The third-order valence-corrected chi connectivity index (χ3v) is 3.41. The lowest BCUT2D eigenvalue weighted by Crippen LogP contribution is -1.93. The molecule has 3 aromatic rings. The van der Waals surface area contributed by atoms with Gasteiger partial charge in [0.2, 0.25) is 0 Å². The summed E-state index contributed by atoms with van der Waals surface area (Å²) in [5.74, 6) is 1.86. The van der Waals surface area contributed by atoms with Crippen molar-refractivity contribution in [3.63, 3.8) is 0 Å². The van der Waals surface area contributed by atoms with Gasteiger partial charge in [-0.15, -0.1) is 0 Å². The number of nitrogens with zero attached hydrogens (tertiary/aromatic N) is 2. The van der Waals surface area contributed by atoms with E-state index in [1.165, 1.54) is 0 Å². The molecule has 3 rings (SSSR count). The highest BCUT2D eigenvalue weighted by Crippen LogP contribution is 2.29. The van der Waals surface area contributed by atoms with Crippen molar-refractivity contribution < 1.29 is 9.26 Å². The van der Waals surface area contributed by atoms with Gasteiger partial charge >= 0.3 is 0 Å². The quantitative estimate of drug-likeness (QED) is 0.794. The second kappa shape index (κ2) is 5.09. The molecule has 2 heterocycles. The highest BCUT2D eigenvalue weighted by molar-refractivity contribution is 5.93. The van der Waals surface area contributed by atoms with Crippen molar-refractivity contribution in [3.05, 3.63) is 36.1 Å². The van der Waals surface area contributed by atoms with Crippen molar-refractivity contribution in [2.24, 2.45) is 0 Å². The second-order valence-electron chi connectivity index (χ2n) is 5.25. The Hall–Kier alpha value is -2.56. The number of nitrogen functional groups attached to an aromatic ring is 1. The van der Waals surface area contributed by atoms with Crippen LogP contribution in [0.5, 0.6) is 5.75 Å². The van der Waals surface area contributed by atoms with Crippen LogP contribution in [-0.4, -0.2) is 17.3 Å². The molecule has 0 spiro atoms. The molecule has 0 bridgehead atoms. The van der Waals surface area contributed by atoms with Gasteiger partial charge in [-0.25, -0.2) is 4.98 Å². The molecule has 0 saturated carbocycles. The summed E-state index contributed by atoms with van der Waals surface area (Å²) in [5, 5.41) is 4.97. The third kappa shape index (κ3) is 2.42. The average Bonchev–Trinajstić information content (AvgIpc) is 2.96. The Morgan fingerprint density at radius 2 is 1.95 bits per heavy atom. The van der Waals surface area contributed by atoms with Crippen LogP contribution in [0.15, 0.2) is 34.9 Å². The van der Waals surface area contributed by atoms with Gasteiger partial charge in [0.05, 0.1) is 18.3 Å². The number of pyridine rings is 1.